The van der Waals surface area contributed by atoms with Crippen molar-refractivity contribution in [2.24, 2.45) is 10.7 Å². The number of ether oxygens (including phenoxy) is 1. The van der Waals surface area contributed by atoms with Crippen LogP contribution in [0.4, 0.5) is 10.6 Å². The van der Waals surface area contributed by atoms with Gasteiger partial charge in [0.05, 0.1) is 17.6 Å². The molecular formula is C24H20ClN5O3. The smallest absolute Gasteiger partial charge is 0.418 e. The summed E-state index contributed by atoms with van der Waals surface area (Å²) in [6, 6.07) is 20.0. The summed E-state index contributed by atoms with van der Waals surface area (Å²) in [5.41, 5.74) is 8.51. The summed E-state index contributed by atoms with van der Waals surface area (Å²) in [5, 5.41) is 7.54. The number of H-pyrrole nitrogens is 1. The highest BCUT2D eigenvalue weighted by molar-refractivity contribution is 6.30. The lowest BCUT2D eigenvalue weighted by Gasteiger charge is -2.07. The first kappa shape index (κ1) is 22.0. The van der Waals surface area contributed by atoms with Crippen LogP contribution in [0.2, 0.25) is 5.02 Å². The highest BCUT2D eigenvalue weighted by Gasteiger charge is 2.18. The Balaban J connectivity index is 1.51. The molecule has 0 fully saturated rings. The number of hydrogen-bond donors (Lipinski definition) is 2. The molecule has 0 unspecified atom stereocenters. The molecule has 0 saturated heterocycles. The maximum Gasteiger partial charge on any atom is 0.418 e. The van der Waals surface area contributed by atoms with Crippen molar-refractivity contribution in [3.8, 4) is 0 Å². The summed E-state index contributed by atoms with van der Waals surface area (Å²) in [5.74, 6) is -0.532. The molecule has 3 N–H and O–H groups in total. The largest absolute Gasteiger partial charge is 0.444 e. The number of carbonyl (C=O) groups excluding carboxylic acids is 2. The summed E-state index contributed by atoms with van der Waals surface area (Å²) < 4.78 is 6.68. The van der Waals surface area contributed by atoms with Crippen LogP contribution < -0.4 is 5.73 Å². The van der Waals surface area contributed by atoms with E-state index in [1.165, 1.54) is 10.8 Å². The van der Waals surface area contributed by atoms with Crippen LogP contribution in [0, 0.1) is 0 Å². The van der Waals surface area contributed by atoms with Gasteiger partial charge in [-0.15, -0.1) is 0 Å². The maximum atomic E-state index is 12.5. The molecule has 8 nitrogen and oxygen atoms in total. The third kappa shape index (κ3) is 5.36. The highest BCUT2D eigenvalue weighted by atomic mass is 35.5. The zero-order chi connectivity index (χ0) is 23.2. The Morgan fingerprint density at radius 3 is 2.64 bits per heavy atom. The summed E-state index contributed by atoms with van der Waals surface area (Å²) in [6.45, 7) is 0.145. The summed E-state index contributed by atoms with van der Waals surface area (Å²) >= 11 is 6.04. The van der Waals surface area contributed by atoms with E-state index in [2.05, 4.69) is 15.2 Å². The fourth-order valence-electron chi connectivity index (χ4n) is 3.28. The van der Waals surface area contributed by atoms with Gasteiger partial charge in [0.2, 0.25) is 0 Å². The first-order chi connectivity index (χ1) is 16.0. The number of hydrogen-bond acceptors (Lipinski definition) is 5. The minimum Gasteiger partial charge on any atom is -0.444 e. The van der Waals surface area contributed by atoms with Crippen molar-refractivity contribution in [1.82, 2.24) is 14.8 Å². The molecule has 1 amide bonds. The first-order valence-corrected chi connectivity index (χ1v) is 10.4. The zero-order valence-corrected chi connectivity index (χ0v) is 18.2. The molecule has 4 rings (SSSR count). The van der Waals surface area contributed by atoms with E-state index < -0.39 is 12.0 Å². The lowest BCUT2D eigenvalue weighted by molar-refractivity contribution is 0.1000. The van der Waals surface area contributed by atoms with E-state index in [1.54, 1.807) is 30.5 Å². The summed E-state index contributed by atoms with van der Waals surface area (Å²) in [7, 11) is 0. The molecule has 0 saturated carbocycles. The maximum absolute atomic E-state index is 12.5. The third-order valence-corrected chi connectivity index (χ3v) is 5.07. The second kappa shape index (κ2) is 9.97. The number of aromatic nitrogens is 3. The van der Waals surface area contributed by atoms with Gasteiger partial charge in [0, 0.05) is 17.6 Å². The topological polar surface area (TPSA) is 115 Å². The minimum atomic E-state index is -0.661. The summed E-state index contributed by atoms with van der Waals surface area (Å²) in [4.78, 5) is 28.9. The Bertz CT molecular complexity index is 1310. The average Bonchev–Trinajstić information content (AvgIpc) is 3.43. The van der Waals surface area contributed by atoms with Crippen molar-refractivity contribution in [3.05, 3.63) is 106 Å². The molecule has 0 atom stereocenters. The molecular weight excluding hydrogens is 442 g/mol. The van der Waals surface area contributed by atoms with Crippen LogP contribution in [-0.2, 0) is 17.8 Å². The molecule has 9 heteroatoms. The van der Waals surface area contributed by atoms with Gasteiger partial charge in [0.1, 0.15) is 12.2 Å². The fourth-order valence-corrected chi connectivity index (χ4v) is 3.49. The van der Waals surface area contributed by atoms with Crippen molar-refractivity contribution in [2.45, 2.75) is 13.0 Å². The van der Waals surface area contributed by atoms with Crippen LogP contribution in [0.3, 0.4) is 0 Å². The normalized spacial score (nSPS) is 11.1. The van der Waals surface area contributed by atoms with E-state index >= 15 is 0 Å². The Labute approximate surface area is 194 Å². The van der Waals surface area contributed by atoms with Gasteiger partial charge in [-0.2, -0.15) is 5.10 Å². The molecule has 33 heavy (non-hydrogen) atoms. The van der Waals surface area contributed by atoms with Gasteiger partial charge in [-0.05, 0) is 35.4 Å². The van der Waals surface area contributed by atoms with E-state index in [0.29, 0.717) is 22.8 Å². The molecule has 166 valence electrons. The first-order valence-electron chi connectivity index (χ1n) is 10.0. The van der Waals surface area contributed by atoms with Crippen LogP contribution in [0.15, 0.2) is 77.9 Å². The van der Waals surface area contributed by atoms with Crippen molar-refractivity contribution >= 4 is 35.6 Å². The molecule has 0 spiro atoms. The van der Waals surface area contributed by atoms with Gasteiger partial charge < -0.3 is 10.5 Å². The van der Waals surface area contributed by atoms with Gasteiger partial charge in [0.15, 0.2) is 5.82 Å². The predicted molar refractivity (Wildman–Crippen MR) is 125 cm³/mol. The van der Waals surface area contributed by atoms with Gasteiger partial charge in [-0.3, -0.25) is 14.5 Å². The van der Waals surface area contributed by atoms with Gasteiger partial charge >= 0.3 is 6.09 Å². The van der Waals surface area contributed by atoms with E-state index in [9.17, 15) is 9.59 Å². The second-order valence-corrected chi connectivity index (χ2v) is 7.61. The van der Waals surface area contributed by atoms with Crippen LogP contribution in [-0.4, -0.2) is 33.0 Å². The standard InChI is InChI=1S/C24H20ClN5O3/c25-18-9-4-8-17(12-18)13-20-21(22(26)31)23(29-28-20)27-14-19-10-5-11-30(19)24(32)33-15-16-6-2-1-3-7-16/h1-12,14H,13,15H2,(H2,26,31)(H,28,29). The number of nitrogens with two attached hydrogens (primary N) is 1. The molecule has 2 heterocycles. The molecule has 2 aromatic carbocycles. The number of rotatable bonds is 7. The molecule has 0 bridgehead atoms. The molecule has 0 radical (unpaired) electrons. The number of halogens is 1. The van der Waals surface area contributed by atoms with Gasteiger partial charge in [0.25, 0.3) is 5.91 Å². The lowest BCUT2D eigenvalue weighted by Crippen LogP contribution is -2.15. The van der Waals surface area contributed by atoms with Crippen molar-refractivity contribution in [3.63, 3.8) is 0 Å². The Kier molecular flexibility index (Phi) is 6.66. The van der Waals surface area contributed by atoms with Crippen molar-refractivity contribution in [2.75, 3.05) is 0 Å². The molecule has 4 aromatic rings. The Morgan fingerprint density at radius 2 is 1.88 bits per heavy atom. The molecule has 2 aromatic heterocycles. The van der Waals surface area contributed by atoms with Crippen LogP contribution in [0.1, 0.15) is 32.9 Å². The fraction of sp³-hybridized carbons (Fsp3) is 0.0833. The highest BCUT2D eigenvalue weighted by Crippen LogP contribution is 2.23. The number of nitrogens with zero attached hydrogens (tertiary/aromatic N) is 3. The lowest BCUT2D eigenvalue weighted by atomic mass is 10.1. The predicted octanol–water partition coefficient (Wildman–Crippen LogP) is 4.49. The number of aliphatic imine (C=N–C) groups is 1. The minimum absolute atomic E-state index is 0.130. The second-order valence-electron chi connectivity index (χ2n) is 7.17. The van der Waals surface area contributed by atoms with Gasteiger partial charge in [-0.1, -0.05) is 54.1 Å². The van der Waals surface area contributed by atoms with Crippen LogP contribution in [0.25, 0.3) is 0 Å². The zero-order valence-electron chi connectivity index (χ0n) is 17.4. The molecule has 0 aliphatic heterocycles. The van der Waals surface area contributed by atoms with Crippen LogP contribution in [0.5, 0.6) is 0 Å². The average molecular weight is 462 g/mol. The number of aromatic amines is 1. The molecule has 0 aliphatic carbocycles. The van der Waals surface area contributed by atoms with E-state index in [-0.39, 0.29) is 18.0 Å². The van der Waals surface area contributed by atoms with Gasteiger partial charge in [-0.25, -0.2) is 9.79 Å². The monoisotopic (exact) mass is 461 g/mol. The number of primary amides is 1. The van der Waals surface area contributed by atoms with E-state index in [4.69, 9.17) is 22.1 Å². The SMILES string of the molecule is NC(=O)c1c(N=Cc2cccn2C(=O)OCc2ccccc2)n[nH]c1Cc1cccc(Cl)c1. The number of amides is 1. The summed E-state index contributed by atoms with van der Waals surface area (Å²) in [6.07, 6.45) is 2.82. The van der Waals surface area contributed by atoms with E-state index in [0.717, 1.165) is 11.1 Å². The number of carbonyl (C=O) groups is 2. The third-order valence-electron chi connectivity index (χ3n) is 4.84. The van der Waals surface area contributed by atoms with Crippen LogP contribution >= 0.6 is 11.6 Å². The quantitative estimate of drug-likeness (QED) is 0.394. The van der Waals surface area contributed by atoms with Crippen molar-refractivity contribution in [1.29, 1.82) is 0 Å². The number of benzene rings is 2. The Morgan fingerprint density at radius 1 is 1.09 bits per heavy atom. The Hall–Kier alpha value is -4.17. The van der Waals surface area contributed by atoms with E-state index in [1.807, 2.05) is 42.5 Å². The van der Waals surface area contributed by atoms with Crippen molar-refractivity contribution < 1.29 is 14.3 Å². The molecule has 0 aliphatic rings. The number of nitrogens with one attached hydrogen (secondary N) is 1.